The van der Waals surface area contributed by atoms with Crippen molar-refractivity contribution in [2.24, 2.45) is 0 Å². The summed E-state index contributed by atoms with van der Waals surface area (Å²) in [5.41, 5.74) is 7.36. The maximum absolute atomic E-state index is 9.11. The number of hydrogen-bond donors (Lipinski definition) is 3. The van der Waals surface area contributed by atoms with Crippen molar-refractivity contribution in [1.82, 2.24) is 43.6 Å². The number of alkyl halides is 3. The van der Waals surface area contributed by atoms with Crippen molar-refractivity contribution in [3.05, 3.63) is 145 Å². The first-order valence-corrected chi connectivity index (χ1v) is 41.5. The summed E-state index contributed by atoms with van der Waals surface area (Å²) in [7, 11) is -3.92. The Bertz CT molecular complexity index is 3270. The molecule has 16 nitrogen and oxygen atoms in total. The summed E-state index contributed by atoms with van der Waals surface area (Å²) in [4.78, 5) is 25.5. The van der Waals surface area contributed by atoms with Gasteiger partial charge in [-0.25, -0.2) is 15.0 Å². The van der Waals surface area contributed by atoms with Crippen LogP contribution in [0.15, 0.2) is 145 Å². The van der Waals surface area contributed by atoms with E-state index in [1.54, 1.807) is 36.9 Å². The quantitative estimate of drug-likeness (QED) is 0.0283. The van der Waals surface area contributed by atoms with Crippen LogP contribution in [0, 0.1) is 0 Å². The van der Waals surface area contributed by atoms with Gasteiger partial charge in [0, 0.05) is 155 Å². The minimum atomic E-state index is -1.40. The predicted molar refractivity (Wildman–Crippen MR) is 369 cm³/mol. The molecule has 0 unspecified atom stereocenters. The van der Waals surface area contributed by atoms with E-state index in [-0.39, 0.29) is 0 Å². The highest BCUT2D eigenvalue weighted by molar-refractivity contribution is 14.3. The molecule has 0 bridgehead atoms. The van der Waals surface area contributed by atoms with Crippen LogP contribution in [0.25, 0.3) is 55.4 Å². The second kappa shape index (κ2) is 33.3. The van der Waals surface area contributed by atoms with Crippen molar-refractivity contribution >= 4 is 161 Å². The third-order valence-corrected chi connectivity index (χ3v) is 17.6. The molecular formula is C56H74B2BrI3N9O7Si3. The molecule has 0 atom stereocenters. The van der Waals surface area contributed by atoms with Crippen LogP contribution in [0.2, 0.25) is 77.1 Å². The van der Waals surface area contributed by atoms with E-state index in [0.29, 0.717) is 45.3 Å². The second-order valence-electron chi connectivity index (χ2n) is 22.4. The van der Waals surface area contributed by atoms with Gasteiger partial charge in [-0.2, -0.15) is 0 Å². The fourth-order valence-electron chi connectivity index (χ4n) is 7.45. The Labute approximate surface area is 530 Å². The molecule has 3 N–H and O–H groups in total. The lowest BCUT2D eigenvalue weighted by molar-refractivity contribution is 0.0862. The summed E-state index contributed by atoms with van der Waals surface area (Å²) in [5.74, 6) is 0.486. The zero-order chi connectivity index (χ0) is 59.2. The number of aromatic nitrogens is 9. The van der Waals surface area contributed by atoms with Crippen molar-refractivity contribution in [3.8, 4) is 28.1 Å². The van der Waals surface area contributed by atoms with Crippen LogP contribution in [0.4, 0.5) is 0 Å². The lowest BCUT2D eigenvalue weighted by atomic mass is 9.82. The molecule has 0 aromatic carbocycles. The molecule has 0 aliphatic heterocycles. The molecule has 9 rings (SSSR count). The van der Waals surface area contributed by atoms with Crippen molar-refractivity contribution in [1.29, 1.82) is 0 Å². The number of pyridine rings is 6. The molecule has 0 spiro atoms. The molecule has 431 valence electrons. The first-order valence-electron chi connectivity index (χ1n) is 26.3. The average molecular weight is 1550 g/mol. The second-order valence-corrected chi connectivity index (χ2v) is 52.8. The molecule has 0 saturated carbocycles. The third-order valence-electron chi connectivity index (χ3n) is 11.8. The summed E-state index contributed by atoms with van der Waals surface area (Å²) in [6, 6.07) is 26.6. The van der Waals surface area contributed by atoms with E-state index in [0.717, 1.165) is 79.1 Å². The number of ether oxygens (including phenoxy) is 3. The molecule has 0 fully saturated rings. The van der Waals surface area contributed by atoms with E-state index in [2.05, 4.69) is 202 Å². The number of nitrogens with zero attached hydrogens (tertiary/aromatic N) is 9. The van der Waals surface area contributed by atoms with Gasteiger partial charge in [0.2, 0.25) is 0 Å². The topological polar surface area (TPSA) is 190 Å². The lowest BCUT2D eigenvalue weighted by Gasteiger charge is -2.16. The Hall–Kier alpha value is -3.47. The standard InChI is InChI=1S/C18H23BN3O3Si.C18H23N3OSi.C13H19BrN2OSi.C5H6BNO2.C2H3I3/c1-26(2,3)10-9-24-13-22-17(25-19-23)11-16-15(6-8-21-18(16)22)14-5-4-7-20-12-14;1-23(2,3)12-11-22-14-21-10-7-17-16(6-9-20-18(17)21)15-5-4-8-19-13-15;1-18(2,3)9-8-17-10-16-7-5-11-12(14)4-6-15-13(11)16;8-6(9)5-2-1-3-7-4-5;1-2(3,4)5/h4-8,11-12,23H,9-10,13H2,1-3H3;4-10,13H,11-12,14H2,1-3H3;4-7H,8-10H2,1-3H3;1-4,8-9H;1H3. The fourth-order valence-corrected chi connectivity index (χ4v) is 10.1. The first kappa shape index (κ1) is 68.3. The van der Waals surface area contributed by atoms with Crippen molar-refractivity contribution in [2.75, 3.05) is 19.8 Å². The summed E-state index contributed by atoms with van der Waals surface area (Å²) in [5, 5.41) is 29.4. The Balaban J connectivity index is 0.000000201. The van der Waals surface area contributed by atoms with E-state index < -0.39 is 31.3 Å². The smallest absolute Gasteiger partial charge is 0.524 e. The fraction of sp³-hybridized carbons (Fsp3) is 0.357. The number of rotatable bonds is 20. The number of fused-ring (bicyclic) bond motifs is 3. The monoisotopic (exact) mass is 1550 g/mol. The Morgan fingerprint density at radius 3 is 1.43 bits per heavy atom. The highest BCUT2D eigenvalue weighted by Gasteiger charge is 2.18. The van der Waals surface area contributed by atoms with Gasteiger partial charge in [0.25, 0.3) is 0 Å². The van der Waals surface area contributed by atoms with Gasteiger partial charge in [-0.15, -0.1) is 0 Å². The highest BCUT2D eigenvalue weighted by atomic mass is 127. The van der Waals surface area contributed by atoms with Gasteiger partial charge in [0.15, 0.2) is 5.88 Å². The van der Waals surface area contributed by atoms with Gasteiger partial charge in [-0.05, 0) is 101 Å². The zero-order valence-corrected chi connectivity index (χ0v) is 58.9. The minimum absolute atomic E-state index is 0.320. The van der Waals surface area contributed by atoms with E-state index in [1.165, 1.54) is 18.3 Å². The molecule has 9 aromatic heterocycles. The lowest BCUT2D eigenvalue weighted by Crippen LogP contribution is -2.29. The van der Waals surface area contributed by atoms with Gasteiger partial charge in [-0.3, -0.25) is 19.5 Å². The summed E-state index contributed by atoms with van der Waals surface area (Å²) in [6.07, 6.45) is 19.7. The maximum atomic E-state index is 9.11. The normalized spacial score (nSPS) is 11.6. The summed E-state index contributed by atoms with van der Waals surface area (Å²) < 4.78 is 30.2. The van der Waals surface area contributed by atoms with Crippen LogP contribution in [0.5, 0.6) is 5.88 Å². The molecular weight excluding hydrogens is 1480 g/mol. The maximum Gasteiger partial charge on any atom is 0.570 e. The summed E-state index contributed by atoms with van der Waals surface area (Å²) in [6.45, 7) is 27.1. The SMILES string of the molecule is CC(I)(I)I.C[Si](C)(C)CCOCn1c(O[B]O)cc2c(-c3cccnc3)ccnc21.C[Si](C)(C)CCOCn1ccc2c(-c3cccnc3)ccnc21.C[Si](C)(C)CCOCn1ccc2c(Br)ccnc21.OB(O)c1cccnc1. The molecule has 0 amide bonds. The van der Waals surface area contributed by atoms with Gasteiger partial charge in [0.1, 0.15) is 36.6 Å². The highest BCUT2D eigenvalue weighted by Crippen LogP contribution is 2.34. The average Bonchev–Trinajstić information content (AvgIpc) is 4.35. The number of hydrogen-bond acceptors (Lipinski definition) is 13. The Morgan fingerprint density at radius 1 is 0.568 bits per heavy atom. The van der Waals surface area contributed by atoms with Gasteiger partial charge in [-0.1, -0.05) is 145 Å². The molecule has 9 heterocycles. The largest absolute Gasteiger partial charge is 0.570 e. The van der Waals surface area contributed by atoms with E-state index in [9.17, 15) is 0 Å². The molecule has 81 heavy (non-hydrogen) atoms. The van der Waals surface area contributed by atoms with Crippen LogP contribution in [0.3, 0.4) is 0 Å². The Morgan fingerprint density at radius 2 is 1.00 bits per heavy atom. The summed E-state index contributed by atoms with van der Waals surface area (Å²) >= 11 is 10.6. The molecule has 1 radical (unpaired) electrons. The van der Waals surface area contributed by atoms with Crippen LogP contribution in [-0.2, 0) is 34.4 Å². The zero-order valence-electron chi connectivity index (χ0n) is 47.8. The predicted octanol–water partition coefficient (Wildman–Crippen LogP) is 13.6. The van der Waals surface area contributed by atoms with E-state index in [1.807, 2.05) is 88.8 Å². The molecule has 9 aromatic rings. The van der Waals surface area contributed by atoms with Gasteiger partial charge in [0.05, 0.1) is 0 Å². The Kier molecular flexibility index (Phi) is 28.1. The minimum Gasteiger partial charge on any atom is -0.524 e. The van der Waals surface area contributed by atoms with Crippen molar-refractivity contribution in [3.63, 3.8) is 0 Å². The molecule has 0 aliphatic rings. The first-order chi connectivity index (χ1) is 38.3. The van der Waals surface area contributed by atoms with Crippen molar-refractivity contribution < 1.29 is 33.9 Å². The third kappa shape index (κ3) is 24.6. The van der Waals surface area contributed by atoms with Gasteiger partial charge >= 0.3 is 14.8 Å². The van der Waals surface area contributed by atoms with Crippen molar-refractivity contribution in [2.45, 2.75) is 104 Å². The van der Waals surface area contributed by atoms with Crippen LogP contribution >= 0.6 is 83.7 Å². The van der Waals surface area contributed by atoms with Crippen LogP contribution in [0.1, 0.15) is 6.92 Å². The number of halogens is 4. The van der Waals surface area contributed by atoms with E-state index >= 15 is 0 Å². The van der Waals surface area contributed by atoms with E-state index in [4.69, 9.17) is 33.9 Å². The molecule has 0 saturated heterocycles. The van der Waals surface area contributed by atoms with Gasteiger partial charge < -0.3 is 43.1 Å². The van der Waals surface area contributed by atoms with Crippen LogP contribution in [-0.4, -0.2) is 117 Å². The van der Waals surface area contributed by atoms with Crippen LogP contribution < -0.4 is 10.1 Å². The molecule has 0 aliphatic carbocycles. The molecule has 25 heteroatoms.